The fraction of sp³-hybridized carbons (Fsp3) is 0.143. The third-order valence-electron chi connectivity index (χ3n) is 4.16. The maximum Gasteiger partial charge on any atom is 0.328 e. The van der Waals surface area contributed by atoms with E-state index in [1.165, 1.54) is 6.08 Å². The first-order valence-corrected chi connectivity index (χ1v) is 8.80. The van der Waals surface area contributed by atoms with Crippen molar-refractivity contribution in [3.8, 4) is 5.75 Å². The number of nitrogens with one attached hydrogen (secondary N) is 3. The number of ether oxygens (including phenoxy) is 1. The number of hydrogen-bond donors (Lipinski definition) is 3. The first-order chi connectivity index (χ1) is 13.8. The molecule has 0 aromatic heterocycles. The summed E-state index contributed by atoms with van der Waals surface area (Å²) >= 11 is 0. The number of anilines is 1. The molecule has 0 spiro atoms. The molecule has 0 radical (unpaired) electrons. The Morgan fingerprint density at radius 3 is 2.28 bits per heavy atom. The third kappa shape index (κ3) is 5.07. The molecule has 0 aliphatic carbocycles. The summed E-state index contributed by atoms with van der Waals surface area (Å²) in [6.07, 6.45) is 1.35. The highest BCUT2D eigenvalue weighted by Gasteiger charge is 2.27. The van der Waals surface area contributed by atoms with Crippen LogP contribution in [-0.4, -0.2) is 30.4 Å². The van der Waals surface area contributed by atoms with Crippen molar-refractivity contribution < 1.29 is 23.9 Å². The number of carbonyl (C=O) groups excluding carboxylic acids is 4. The molecule has 1 saturated heterocycles. The van der Waals surface area contributed by atoms with Crippen molar-refractivity contribution in [2.45, 2.75) is 13.8 Å². The maximum atomic E-state index is 12.1. The van der Waals surface area contributed by atoms with Gasteiger partial charge in [-0.3, -0.25) is 25.0 Å². The van der Waals surface area contributed by atoms with Gasteiger partial charge in [0, 0.05) is 5.69 Å². The normalized spacial score (nSPS) is 13.4. The predicted molar refractivity (Wildman–Crippen MR) is 106 cm³/mol. The Labute approximate surface area is 166 Å². The van der Waals surface area contributed by atoms with E-state index in [-0.39, 0.29) is 18.1 Å². The van der Waals surface area contributed by atoms with Crippen LogP contribution in [0, 0.1) is 13.8 Å². The second-order valence-corrected chi connectivity index (χ2v) is 6.52. The SMILES string of the molecule is Cc1ccc(NC(=O)COc2ccc(C=C3C(=O)NC(=O)NC3=O)cc2)c(C)c1. The van der Waals surface area contributed by atoms with E-state index < -0.39 is 17.8 Å². The van der Waals surface area contributed by atoms with Crippen molar-refractivity contribution in [2.75, 3.05) is 11.9 Å². The Balaban J connectivity index is 1.58. The number of imide groups is 2. The lowest BCUT2D eigenvalue weighted by molar-refractivity contribution is -0.124. The van der Waals surface area contributed by atoms with E-state index in [0.717, 1.165) is 16.8 Å². The largest absolute Gasteiger partial charge is 0.484 e. The molecule has 0 bridgehead atoms. The van der Waals surface area contributed by atoms with Crippen LogP contribution in [0.4, 0.5) is 10.5 Å². The van der Waals surface area contributed by atoms with E-state index >= 15 is 0 Å². The minimum absolute atomic E-state index is 0.166. The molecule has 5 amide bonds. The van der Waals surface area contributed by atoms with E-state index in [1.807, 2.05) is 42.7 Å². The van der Waals surface area contributed by atoms with Crippen LogP contribution in [0.15, 0.2) is 48.0 Å². The van der Waals surface area contributed by atoms with Gasteiger partial charge in [-0.25, -0.2) is 4.79 Å². The van der Waals surface area contributed by atoms with Gasteiger partial charge < -0.3 is 10.1 Å². The molecule has 3 N–H and O–H groups in total. The number of rotatable bonds is 5. The molecule has 2 aromatic rings. The fourth-order valence-electron chi connectivity index (χ4n) is 2.72. The smallest absolute Gasteiger partial charge is 0.328 e. The van der Waals surface area contributed by atoms with Crippen molar-refractivity contribution in [3.05, 3.63) is 64.7 Å². The molecule has 29 heavy (non-hydrogen) atoms. The molecule has 0 atom stereocenters. The lowest BCUT2D eigenvalue weighted by Gasteiger charge is -2.14. The number of hydrogen-bond acceptors (Lipinski definition) is 5. The Morgan fingerprint density at radius 2 is 1.66 bits per heavy atom. The molecule has 148 valence electrons. The number of carbonyl (C=O) groups is 4. The molecule has 2 aromatic carbocycles. The van der Waals surface area contributed by atoms with Crippen LogP contribution in [0.2, 0.25) is 0 Å². The summed E-state index contributed by atoms with van der Waals surface area (Å²) in [6.45, 7) is 3.73. The summed E-state index contributed by atoms with van der Waals surface area (Å²) in [5.74, 6) is -1.36. The topological polar surface area (TPSA) is 114 Å². The summed E-state index contributed by atoms with van der Waals surface area (Å²) in [6, 6.07) is 11.4. The Morgan fingerprint density at radius 1 is 1.00 bits per heavy atom. The van der Waals surface area contributed by atoms with Crippen molar-refractivity contribution >= 4 is 35.5 Å². The summed E-state index contributed by atoms with van der Waals surface area (Å²) in [5, 5.41) is 6.80. The lowest BCUT2D eigenvalue weighted by atomic mass is 10.1. The predicted octanol–water partition coefficient (Wildman–Crippen LogP) is 2.07. The minimum Gasteiger partial charge on any atom is -0.484 e. The quantitative estimate of drug-likeness (QED) is 0.532. The summed E-state index contributed by atoms with van der Waals surface area (Å²) in [5.41, 5.74) is 3.20. The van der Waals surface area contributed by atoms with Crippen LogP contribution in [0.25, 0.3) is 6.08 Å². The van der Waals surface area contributed by atoms with Crippen LogP contribution in [0.1, 0.15) is 16.7 Å². The van der Waals surface area contributed by atoms with E-state index in [1.54, 1.807) is 24.3 Å². The summed E-state index contributed by atoms with van der Waals surface area (Å²) in [7, 11) is 0. The molecule has 1 heterocycles. The Bertz CT molecular complexity index is 1000. The van der Waals surface area contributed by atoms with E-state index in [4.69, 9.17) is 4.74 Å². The van der Waals surface area contributed by atoms with Gasteiger partial charge in [-0.05, 0) is 49.2 Å². The third-order valence-corrected chi connectivity index (χ3v) is 4.16. The van der Waals surface area contributed by atoms with E-state index in [2.05, 4.69) is 5.32 Å². The standard InChI is InChI=1S/C21H19N3O5/c1-12-3-8-17(13(2)9-12)22-18(25)11-29-15-6-4-14(5-7-15)10-16-19(26)23-21(28)24-20(16)27/h3-10H,11H2,1-2H3,(H,22,25)(H2,23,24,26,27,28). The average molecular weight is 393 g/mol. The molecule has 1 aliphatic rings. The van der Waals surface area contributed by atoms with Gasteiger partial charge in [0.05, 0.1) is 0 Å². The second-order valence-electron chi connectivity index (χ2n) is 6.52. The number of aryl methyl sites for hydroxylation is 2. The van der Waals surface area contributed by atoms with E-state index in [9.17, 15) is 19.2 Å². The first-order valence-electron chi connectivity index (χ1n) is 8.80. The van der Waals surface area contributed by atoms with Crippen LogP contribution >= 0.6 is 0 Å². The van der Waals surface area contributed by atoms with Gasteiger partial charge >= 0.3 is 6.03 Å². The molecule has 0 saturated carbocycles. The molecular formula is C21H19N3O5. The highest BCUT2D eigenvalue weighted by Crippen LogP contribution is 2.17. The number of barbiturate groups is 1. The highest BCUT2D eigenvalue weighted by atomic mass is 16.5. The highest BCUT2D eigenvalue weighted by molar-refractivity contribution is 6.31. The molecule has 8 nitrogen and oxygen atoms in total. The molecule has 1 fully saturated rings. The van der Waals surface area contributed by atoms with Crippen molar-refractivity contribution in [1.82, 2.24) is 10.6 Å². The second kappa shape index (κ2) is 8.39. The zero-order valence-electron chi connectivity index (χ0n) is 15.9. The molecular weight excluding hydrogens is 374 g/mol. The van der Waals surface area contributed by atoms with Gasteiger partial charge in [0.1, 0.15) is 11.3 Å². The molecule has 8 heteroatoms. The summed E-state index contributed by atoms with van der Waals surface area (Å²) in [4.78, 5) is 46.6. The number of amides is 5. The Kier molecular flexibility index (Phi) is 5.73. The van der Waals surface area contributed by atoms with Gasteiger partial charge in [-0.15, -0.1) is 0 Å². The Hall–Kier alpha value is -3.94. The zero-order valence-corrected chi connectivity index (χ0v) is 15.9. The number of benzene rings is 2. The molecule has 3 rings (SSSR count). The van der Waals surface area contributed by atoms with Crippen LogP contribution in [-0.2, 0) is 14.4 Å². The van der Waals surface area contributed by atoms with Crippen LogP contribution < -0.4 is 20.7 Å². The van der Waals surface area contributed by atoms with Crippen molar-refractivity contribution in [2.24, 2.45) is 0 Å². The fourth-order valence-corrected chi connectivity index (χ4v) is 2.72. The van der Waals surface area contributed by atoms with Crippen molar-refractivity contribution in [3.63, 3.8) is 0 Å². The average Bonchev–Trinajstić information content (AvgIpc) is 2.66. The summed E-state index contributed by atoms with van der Waals surface area (Å²) < 4.78 is 5.47. The van der Waals surface area contributed by atoms with Gasteiger partial charge in [0.15, 0.2) is 6.61 Å². The van der Waals surface area contributed by atoms with Crippen LogP contribution in [0.5, 0.6) is 5.75 Å². The van der Waals surface area contributed by atoms with Gasteiger partial charge in [-0.1, -0.05) is 29.8 Å². The molecule has 1 aliphatic heterocycles. The number of urea groups is 1. The minimum atomic E-state index is -0.847. The van der Waals surface area contributed by atoms with Crippen molar-refractivity contribution in [1.29, 1.82) is 0 Å². The first kappa shape index (κ1) is 19.8. The zero-order chi connectivity index (χ0) is 21.0. The van der Waals surface area contributed by atoms with E-state index in [0.29, 0.717) is 11.3 Å². The van der Waals surface area contributed by atoms with Crippen LogP contribution in [0.3, 0.4) is 0 Å². The van der Waals surface area contributed by atoms with Gasteiger partial charge in [-0.2, -0.15) is 0 Å². The monoisotopic (exact) mass is 393 g/mol. The maximum absolute atomic E-state index is 12.1. The van der Waals surface area contributed by atoms with Gasteiger partial charge in [0.25, 0.3) is 17.7 Å². The van der Waals surface area contributed by atoms with Gasteiger partial charge in [0.2, 0.25) is 0 Å². The lowest BCUT2D eigenvalue weighted by Crippen LogP contribution is -2.51. The molecule has 0 unspecified atom stereocenters.